The molecule has 0 radical (unpaired) electrons. The number of hydrogen-bond donors (Lipinski definition) is 2. The van der Waals surface area contributed by atoms with E-state index in [-0.39, 0.29) is 6.04 Å². The van der Waals surface area contributed by atoms with Crippen molar-refractivity contribution in [1.82, 2.24) is 15.2 Å². The van der Waals surface area contributed by atoms with Crippen molar-refractivity contribution in [3.05, 3.63) is 16.4 Å². The minimum Gasteiger partial charge on any atom is -0.383 e. The summed E-state index contributed by atoms with van der Waals surface area (Å²) in [6.07, 6.45) is 2.97. The zero-order valence-corrected chi connectivity index (χ0v) is 14.1. The van der Waals surface area contributed by atoms with Crippen LogP contribution in [0.15, 0.2) is 10.7 Å². The number of hydrazine groups is 1. The lowest BCUT2D eigenvalue weighted by Crippen LogP contribution is -2.32. The third-order valence-corrected chi connectivity index (χ3v) is 5.03. The number of methoxy groups -OCH3 is 1. The van der Waals surface area contributed by atoms with E-state index in [1.807, 2.05) is 22.6 Å². The summed E-state index contributed by atoms with van der Waals surface area (Å²) >= 11 is 5.46. The van der Waals surface area contributed by atoms with Gasteiger partial charge in [0.1, 0.15) is 0 Å². The molecule has 0 saturated carbocycles. The van der Waals surface area contributed by atoms with Gasteiger partial charge in [-0.1, -0.05) is 13.8 Å². The van der Waals surface area contributed by atoms with Gasteiger partial charge in [-0.3, -0.25) is 16.0 Å². The molecule has 110 valence electrons. The molecule has 1 aromatic rings. The third kappa shape index (κ3) is 5.07. The monoisotopic (exact) mass is 350 g/mol. The highest BCUT2D eigenvalue weighted by atomic mass is 79.9. The summed E-state index contributed by atoms with van der Waals surface area (Å²) in [4.78, 5) is 0. The highest BCUT2D eigenvalue weighted by Crippen LogP contribution is 2.27. The molecule has 3 N–H and O–H groups in total. The number of ether oxygens (including phenoxy) is 1. The van der Waals surface area contributed by atoms with Gasteiger partial charge in [-0.05, 0) is 22.4 Å². The Bertz CT molecular complexity index is 375. The van der Waals surface area contributed by atoms with Gasteiger partial charge in [0.05, 0.1) is 35.6 Å². The fourth-order valence-corrected chi connectivity index (χ4v) is 3.24. The molecule has 0 amide bonds. The lowest BCUT2D eigenvalue weighted by molar-refractivity contribution is 0.181. The number of nitrogens with two attached hydrogens (primary N) is 1. The lowest BCUT2D eigenvalue weighted by atomic mass is 10.2. The minimum atomic E-state index is 0.0766. The first-order valence-electron chi connectivity index (χ1n) is 6.41. The molecule has 0 aliphatic carbocycles. The summed E-state index contributed by atoms with van der Waals surface area (Å²) in [6.45, 7) is 5.79. The van der Waals surface area contributed by atoms with Gasteiger partial charge in [0.25, 0.3) is 0 Å². The zero-order chi connectivity index (χ0) is 14.3. The summed E-state index contributed by atoms with van der Waals surface area (Å²) in [5, 5.41) is 4.98. The van der Waals surface area contributed by atoms with Crippen molar-refractivity contribution < 1.29 is 4.74 Å². The first-order valence-corrected chi connectivity index (χ1v) is 8.26. The van der Waals surface area contributed by atoms with Crippen LogP contribution in [0.25, 0.3) is 0 Å². The Morgan fingerprint density at radius 2 is 2.37 bits per heavy atom. The smallest absolute Gasteiger partial charge is 0.0730 e. The minimum absolute atomic E-state index is 0.0766. The van der Waals surface area contributed by atoms with E-state index in [0.29, 0.717) is 11.9 Å². The van der Waals surface area contributed by atoms with Crippen LogP contribution in [0, 0.1) is 0 Å². The van der Waals surface area contributed by atoms with Crippen LogP contribution in [0.1, 0.15) is 32.0 Å². The highest BCUT2D eigenvalue weighted by Gasteiger charge is 2.19. The Balaban J connectivity index is 2.75. The summed E-state index contributed by atoms with van der Waals surface area (Å²) in [5.74, 6) is 6.62. The van der Waals surface area contributed by atoms with Gasteiger partial charge in [0.15, 0.2) is 0 Å². The number of rotatable bonds is 9. The number of halogens is 1. The van der Waals surface area contributed by atoms with Crippen LogP contribution >= 0.6 is 27.7 Å². The maximum absolute atomic E-state index is 5.70. The van der Waals surface area contributed by atoms with Crippen LogP contribution in [0.5, 0.6) is 0 Å². The van der Waals surface area contributed by atoms with Gasteiger partial charge in [0.2, 0.25) is 0 Å². The summed E-state index contributed by atoms with van der Waals surface area (Å²) in [6, 6.07) is 0.0766. The Morgan fingerprint density at radius 3 is 2.95 bits per heavy atom. The van der Waals surface area contributed by atoms with Crippen LogP contribution in [0.2, 0.25) is 0 Å². The molecule has 2 atom stereocenters. The van der Waals surface area contributed by atoms with Crippen molar-refractivity contribution in [3.63, 3.8) is 0 Å². The first kappa shape index (κ1) is 17.0. The van der Waals surface area contributed by atoms with E-state index in [9.17, 15) is 0 Å². The number of nitrogens with one attached hydrogen (secondary N) is 1. The topological polar surface area (TPSA) is 65.1 Å². The average molecular weight is 351 g/mol. The second-order valence-corrected chi connectivity index (χ2v) is 6.69. The normalized spacial score (nSPS) is 14.6. The highest BCUT2D eigenvalue weighted by molar-refractivity contribution is 9.10. The molecule has 1 rings (SSSR count). The fourth-order valence-electron chi connectivity index (χ4n) is 1.66. The predicted octanol–water partition coefficient (Wildman–Crippen LogP) is 2.33. The van der Waals surface area contributed by atoms with Crippen molar-refractivity contribution in [2.75, 3.05) is 19.5 Å². The van der Waals surface area contributed by atoms with E-state index in [1.54, 1.807) is 7.11 Å². The molecule has 0 fully saturated rings. The van der Waals surface area contributed by atoms with Gasteiger partial charge in [-0.25, -0.2) is 0 Å². The Kier molecular flexibility index (Phi) is 8.01. The summed E-state index contributed by atoms with van der Waals surface area (Å²) in [5.41, 5.74) is 3.97. The van der Waals surface area contributed by atoms with Crippen LogP contribution in [-0.4, -0.2) is 34.5 Å². The number of aromatic nitrogens is 2. The Labute approximate surface area is 127 Å². The van der Waals surface area contributed by atoms with E-state index in [4.69, 9.17) is 10.6 Å². The molecule has 0 aliphatic rings. The molecular weight excluding hydrogens is 328 g/mol. The molecule has 0 bridgehead atoms. The van der Waals surface area contributed by atoms with E-state index in [0.717, 1.165) is 28.9 Å². The second-order valence-electron chi connectivity index (χ2n) is 4.37. The SMILES string of the molecule is CCC(C)SCC(NN)c1c(Br)cnn1CCOC. The maximum atomic E-state index is 5.70. The molecule has 5 nitrogen and oxygen atoms in total. The average Bonchev–Trinajstić information content (AvgIpc) is 2.78. The third-order valence-electron chi connectivity index (χ3n) is 2.99. The van der Waals surface area contributed by atoms with Gasteiger partial charge in [-0.2, -0.15) is 16.9 Å². The van der Waals surface area contributed by atoms with Crippen LogP contribution in [0.4, 0.5) is 0 Å². The molecule has 0 saturated heterocycles. The fraction of sp³-hybridized carbons (Fsp3) is 0.750. The molecular formula is C12H23BrN4OS. The second kappa shape index (κ2) is 8.97. The van der Waals surface area contributed by atoms with Crippen molar-refractivity contribution in [1.29, 1.82) is 0 Å². The number of nitrogens with zero attached hydrogens (tertiary/aromatic N) is 2. The summed E-state index contributed by atoms with van der Waals surface area (Å²) in [7, 11) is 1.69. The van der Waals surface area contributed by atoms with Crippen LogP contribution in [-0.2, 0) is 11.3 Å². The largest absolute Gasteiger partial charge is 0.383 e. The quantitative estimate of drug-likeness (QED) is 0.528. The van der Waals surface area contributed by atoms with E-state index in [2.05, 4.69) is 40.3 Å². The van der Waals surface area contributed by atoms with Crippen molar-refractivity contribution >= 4 is 27.7 Å². The standard InChI is InChI=1S/C12H23BrN4OS/c1-4-9(2)19-8-11(16-14)12-10(13)7-15-17(12)5-6-18-3/h7,9,11,16H,4-6,8,14H2,1-3H3. The van der Waals surface area contributed by atoms with Gasteiger partial charge < -0.3 is 4.74 Å². The molecule has 0 spiro atoms. The lowest BCUT2D eigenvalue weighted by Gasteiger charge is -2.19. The first-order chi connectivity index (χ1) is 9.13. The molecule has 19 heavy (non-hydrogen) atoms. The zero-order valence-electron chi connectivity index (χ0n) is 11.7. The molecule has 0 aromatic carbocycles. The molecule has 1 aromatic heterocycles. The molecule has 0 aliphatic heterocycles. The van der Waals surface area contributed by atoms with E-state index >= 15 is 0 Å². The summed E-state index contributed by atoms with van der Waals surface area (Å²) < 4.78 is 8.03. The Hall–Kier alpha value is -0.0800. The van der Waals surface area contributed by atoms with Crippen molar-refractivity contribution in [2.24, 2.45) is 5.84 Å². The molecule has 2 unspecified atom stereocenters. The van der Waals surface area contributed by atoms with Crippen LogP contribution in [0.3, 0.4) is 0 Å². The number of hydrogen-bond acceptors (Lipinski definition) is 5. The molecule has 7 heteroatoms. The van der Waals surface area contributed by atoms with Crippen molar-refractivity contribution in [2.45, 2.75) is 38.1 Å². The Morgan fingerprint density at radius 1 is 1.63 bits per heavy atom. The predicted molar refractivity (Wildman–Crippen MR) is 84.1 cm³/mol. The van der Waals surface area contributed by atoms with Gasteiger partial charge in [-0.15, -0.1) is 0 Å². The van der Waals surface area contributed by atoms with E-state index in [1.165, 1.54) is 0 Å². The van der Waals surface area contributed by atoms with Gasteiger partial charge >= 0.3 is 0 Å². The molecule has 1 heterocycles. The van der Waals surface area contributed by atoms with Gasteiger partial charge in [0, 0.05) is 18.1 Å². The van der Waals surface area contributed by atoms with E-state index < -0.39 is 0 Å². The number of thioether (sulfide) groups is 1. The van der Waals surface area contributed by atoms with Crippen molar-refractivity contribution in [3.8, 4) is 0 Å². The maximum Gasteiger partial charge on any atom is 0.0730 e. The van der Waals surface area contributed by atoms with Crippen LogP contribution < -0.4 is 11.3 Å².